The number of carbonyl (C=O) groups excluding carboxylic acids is 2. The van der Waals surface area contributed by atoms with Gasteiger partial charge in [0.25, 0.3) is 5.91 Å². The third-order valence-electron chi connectivity index (χ3n) is 7.02. The van der Waals surface area contributed by atoms with Gasteiger partial charge in [0.05, 0.1) is 25.7 Å². The van der Waals surface area contributed by atoms with Gasteiger partial charge in [-0.25, -0.2) is 9.97 Å². The lowest BCUT2D eigenvalue weighted by Gasteiger charge is -2.32. The standard InChI is InChI=1S/C34H37ClN4O4S/c1-21(2)25-9-11-26(12-10-25)32(33(41)38-29-16-15-28(42-5)18-30(29)43-6)39(19-24-7-13-27(35)14-8-24)31(40)20-44-34-36-22(3)17-23(4)37-34/h7-18,21,32H,19-20H2,1-6H3,(H,38,41). The molecule has 0 saturated heterocycles. The van der Waals surface area contributed by atoms with Gasteiger partial charge in [-0.15, -0.1) is 0 Å². The van der Waals surface area contributed by atoms with Crippen molar-refractivity contribution in [2.75, 3.05) is 25.3 Å². The van der Waals surface area contributed by atoms with Crippen molar-refractivity contribution >= 4 is 40.9 Å². The number of halogens is 1. The Morgan fingerprint density at radius 2 is 1.52 bits per heavy atom. The maximum Gasteiger partial charge on any atom is 0.251 e. The summed E-state index contributed by atoms with van der Waals surface area (Å²) in [5.41, 5.74) is 4.73. The minimum absolute atomic E-state index is 0.0379. The molecule has 0 bridgehead atoms. The van der Waals surface area contributed by atoms with Crippen LogP contribution in [0.15, 0.2) is 78.0 Å². The van der Waals surface area contributed by atoms with Crippen LogP contribution in [0.25, 0.3) is 0 Å². The van der Waals surface area contributed by atoms with E-state index >= 15 is 0 Å². The molecule has 0 fully saturated rings. The molecule has 8 nitrogen and oxygen atoms in total. The van der Waals surface area contributed by atoms with Crippen molar-refractivity contribution in [3.8, 4) is 11.5 Å². The van der Waals surface area contributed by atoms with Crippen LogP contribution in [0.3, 0.4) is 0 Å². The first-order valence-corrected chi connectivity index (χ1v) is 15.6. The van der Waals surface area contributed by atoms with Gasteiger partial charge in [-0.3, -0.25) is 9.59 Å². The van der Waals surface area contributed by atoms with E-state index in [1.54, 1.807) is 42.3 Å². The van der Waals surface area contributed by atoms with E-state index in [1.807, 2.05) is 56.3 Å². The van der Waals surface area contributed by atoms with Gasteiger partial charge in [-0.1, -0.05) is 73.6 Å². The summed E-state index contributed by atoms with van der Waals surface area (Å²) in [5, 5.41) is 4.09. The predicted molar refractivity (Wildman–Crippen MR) is 176 cm³/mol. The Bertz CT molecular complexity index is 1580. The molecule has 1 aromatic heterocycles. The van der Waals surface area contributed by atoms with Gasteiger partial charge in [-0.2, -0.15) is 0 Å². The van der Waals surface area contributed by atoms with E-state index < -0.39 is 6.04 Å². The minimum atomic E-state index is -0.966. The van der Waals surface area contributed by atoms with Crippen molar-refractivity contribution in [3.63, 3.8) is 0 Å². The van der Waals surface area contributed by atoms with E-state index in [1.165, 1.54) is 18.9 Å². The number of nitrogens with one attached hydrogen (secondary N) is 1. The van der Waals surface area contributed by atoms with E-state index in [-0.39, 0.29) is 24.1 Å². The first kappa shape index (κ1) is 32.8. The third-order valence-corrected chi connectivity index (χ3v) is 8.10. The maximum atomic E-state index is 14.3. The van der Waals surface area contributed by atoms with Gasteiger partial charge in [0.15, 0.2) is 5.16 Å². The molecular formula is C34H37ClN4O4S. The second-order valence-corrected chi connectivity index (χ2v) is 12.0. The molecule has 0 saturated carbocycles. The SMILES string of the molecule is COc1ccc(NC(=O)C(c2ccc(C(C)C)cc2)N(Cc2ccc(Cl)cc2)C(=O)CSc2nc(C)cc(C)n2)c(OC)c1. The molecule has 1 N–H and O–H groups in total. The molecule has 0 radical (unpaired) electrons. The van der Waals surface area contributed by atoms with Crippen molar-refractivity contribution in [1.29, 1.82) is 0 Å². The van der Waals surface area contributed by atoms with E-state index in [9.17, 15) is 9.59 Å². The number of aryl methyl sites for hydroxylation is 2. The van der Waals surface area contributed by atoms with Gasteiger partial charge in [-0.05, 0) is 66.8 Å². The smallest absolute Gasteiger partial charge is 0.251 e. The average molecular weight is 633 g/mol. The Morgan fingerprint density at radius 3 is 2.11 bits per heavy atom. The fourth-order valence-corrected chi connectivity index (χ4v) is 5.68. The normalized spacial score (nSPS) is 11.6. The van der Waals surface area contributed by atoms with Gasteiger partial charge in [0.1, 0.15) is 17.5 Å². The number of amides is 2. The molecule has 230 valence electrons. The van der Waals surface area contributed by atoms with Crippen LogP contribution >= 0.6 is 23.4 Å². The van der Waals surface area contributed by atoms with Crippen LogP contribution in [0.5, 0.6) is 11.5 Å². The molecule has 44 heavy (non-hydrogen) atoms. The van der Waals surface area contributed by atoms with Gasteiger partial charge >= 0.3 is 0 Å². The molecule has 1 unspecified atom stereocenters. The summed E-state index contributed by atoms with van der Waals surface area (Å²) in [7, 11) is 3.08. The number of aromatic nitrogens is 2. The molecule has 2 amide bonds. The summed E-state index contributed by atoms with van der Waals surface area (Å²) < 4.78 is 10.9. The van der Waals surface area contributed by atoms with E-state index in [2.05, 4.69) is 29.1 Å². The topological polar surface area (TPSA) is 93.7 Å². The Balaban J connectivity index is 1.75. The summed E-state index contributed by atoms with van der Waals surface area (Å²) in [6, 6.07) is 21.1. The zero-order valence-electron chi connectivity index (χ0n) is 25.8. The summed E-state index contributed by atoms with van der Waals surface area (Å²) >= 11 is 7.40. The summed E-state index contributed by atoms with van der Waals surface area (Å²) in [6.45, 7) is 8.17. The highest BCUT2D eigenvalue weighted by Gasteiger charge is 2.32. The maximum absolute atomic E-state index is 14.3. The second-order valence-electron chi connectivity index (χ2n) is 10.6. The third kappa shape index (κ3) is 8.51. The lowest BCUT2D eigenvalue weighted by molar-refractivity contribution is -0.137. The molecule has 1 atom stereocenters. The first-order valence-electron chi connectivity index (χ1n) is 14.2. The second kappa shape index (κ2) is 15.1. The molecule has 10 heteroatoms. The zero-order valence-corrected chi connectivity index (χ0v) is 27.3. The molecule has 0 aliphatic rings. The minimum Gasteiger partial charge on any atom is -0.497 e. The van der Waals surface area contributed by atoms with Crippen LogP contribution in [-0.4, -0.2) is 46.7 Å². The molecule has 0 spiro atoms. The Hall–Kier alpha value is -4.08. The van der Waals surface area contributed by atoms with Gasteiger partial charge < -0.3 is 19.7 Å². The highest BCUT2D eigenvalue weighted by molar-refractivity contribution is 7.99. The predicted octanol–water partition coefficient (Wildman–Crippen LogP) is 7.39. The van der Waals surface area contributed by atoms with E-state index in [0.717, 1.165) is 22.5 Å². The number of rotatable bonds is 12. The Kier molecular flexibility index (Phi) is 11.3. The van der Waals surface area contributed by atoms with Crippen LogP contribution in [0, 0.1) is 13.8 Å². The number of ether oxygens (including phenoxy) is 2. The monoisotopic (exact) mass is 632 g/mol. The van der Waals surface area contributed by atoms with Crippen molar-refractivity contribution in [2.45, 2.75) is 51.4 Å². The van der Waals surface area contributed by atoms with Crippen LogP contribution < -0.4 is 14.8 Å². The summed E-state index contributed by atoms with van der Waals surface area (Å²) in [5.74, 6) is 0.732. The zero-order chi connectivity index (χ0) is 31.8. The number of methoxy groups -OCH3 is 2. The fourth-order valence-electron chi connectivity index (χ4n) is 4.72. The largest absolute Gasteiger partial charge is 0.497 e. The number of benzene rings is 3. The van der Waals surface area contributed by atoms with E-state index in [0.29, 0.717) is 38.8 Å². The Labute approximate surface area is 268 Å². The number of anilines is 1. The lowest BCUT2D eigenvalue weighted by Crippen LogP contribution is -2.42. The number of carbonyl (C=O) groups is 2. The van der Waals surface area contributed by atoms with Crippen LogP contribution in [-0.2, 0) is 16.1 Å². The lowest BCUT2D eigenvalue weighted by atomic mass is 9.97. The molecule has 0 aliphatic carbocycles. The molecule has 4 rings (SSSR count). The van der Waals surface area contributed by atoms with Crippen molar-refractivity contribution in [1.82, 2.24) is 14.9 Å². The molecule has 1 heterocycles. The quantitative estimate of drug-likeness (QED) is 0.129. The van der Waals surface area contributed by atoms with Gasteiger partial charge in [0, 0.05) is 29.0 Å². The van der Waals surface area contributed by atoms with E-state index in [4.69, 9.17) is 21.1 Å². The number of hydrogen-bond donors (Lipinski definition) is 1. The molecule has 4 aromatic rings. The highest BCUT2D eigenvalue weighted by Crippen LogP contribution is 2.33. The first-order chi connectivity index (χ1) is 21.1. The summed E-state index contributed by atoms with van der Waals surface area (Å²) in [4.78, 5) is 38.9. The van der Waals surface area contributed by atoms with Crippen LogP contribution in [0.2, 0.25) is 5.02 Å². The van der Waals surface area contributed by atoms with Gasteiger partial charge in [0.2, 0.25) is 5.91 Å². The molecular weight excluding hydrogens is 596 g/mol. The van der Waals surface area contributed by atoms with Crippen molar-refractivity contribution < 1.29 is 19.1 Å². The highest BCUT2D eigenvalue weighted by atomic mass is 35.5. The van der Waals surface area contributed by atoms with Crippen LogP contribution in [0.1, 0.15) is 53.9 Å². The van der Waals surface area contributed by atoms with Crippen LogP contribution in [0.4, 0.5) is 5.69 Å². The van der Waals surface area contributed by atoms with Crippen molar-refractivity contribution in [3.05, 3.63) is 106 Å². The number of thioether (sulfide) groups is 1. The fraction of sp³-hybridized carbons (Fsp3) is 0.294. The molecule has 0 aliphatic heterocycles. The summed E-state index contributed by atoms with van der Waals surface area (Å²) in [6.07, 6.45) is 0. The Morgan fingerprint density at radius 1 is 0.886 bits per heavy atom. The number of hydrogen-bond acceptors (Lipinski definition) is 7. The average Bonchev–Trinajstić information content (AvgIpc) is 3.00. The molecule has 3 aromatic carbocycles. The van der Waals surface area contributed by atoms with Crippen molar-refractivity contribution in [2.24, 2.45) is 0 Å². The number of nitrogens with zero attached hydrogens (tertiary/aromatic N) is 3.